The third kappa shape index (κ3) is 2.06. The normalized spacial score (nSPS) is 19.9. The highest BCUT2D eigenvalue weighted by Gasteiger charge is 2.16. The summed E-state index contributed by atoms with van der Waals surface area (Å²) in [5.74, 6) is 0.636. The van der Waals surface area contributed by atoms with Crippen molar-refractivity contribution in [3.05, 3.63) is 18.2 Å². The van der Waals surface area contributed by atoms with Gasteiger partial charge in [-0.1, -0.05) is 6.07 Å². The molecule has 0 unspecified atom stereocenters. The number of aromatic amines is 1. The molecule has 1 fully saturated rings. The molecule has 2 heterocycles. The van der Waals surface area contributed by atoms with Crippen LogP contribution in [0.25, 0.3) is 11.0 Å². The van der Waals surface area contributed by atoms with Gasteiger partial charge in [0.2, 0.25) is 0 Å². The summed E-state index contributed by atoms with van der Waals surface area (Å²) < 4.78 is 11.1. The van der Waals surface area contributed by atoms with E-state index in [0.717, 1.165) is 19.4 Å². The monoisotopic (exact) mass is 233 g/mol. The van der Waals surface area contributed by atoms with Gasteiger partial charge in [-0.3, -0.25) is 0 Å². The molecule has 0 bridgehead atoms. The third-order valence-corrected chi connectivity index (χ3v) is 2.90. The molecule has 0 radical (unpaired) electrons. The van der Waals surface area contributed by atoms with E-state index in [9.17, 15) is 5.11 Å². The average Bonchev–Trinajstić information content (AvgIpc) is 2.93. The van der Waals surface area contributed by atoms with Gasteiger partial charge in [-0.05, 0) is 25.0 Å². The van der Waals surface area contributed by atoms with Gasteiger partial charge in [0.05, 0.1) is 17.6 Å². The van der Waals surface area contributed by atoms with Crippen LogP contribution in [0.3, 0.4) is 0 Å². The van der Waals surface area contributed by atoms with E-state index in [1.165, 1.54) is 0 Å². The number of aromatic nitrogens is 2. The van der Waals surface area contributed by atoms with E-state index >= 15 is 0 Å². The van der Waals surface area contributed by atoms with E-state index in [4.69, 9.17) is 9.47 Å². The van der Waals surface area contributed by atoms with Crippen LogP contribution < -0.4 is 9.84 Å². The Bertz CT molecular complexity index is 517. The maximum Gasteiger partial charge on any atom is 0.147 e. The Morgan fingerprint density at radius 2 is 2.47 bits per heavy atom. The van der Waals surface area contributed by atoms with Gasteiger partial charge < -0.3 is 19.6 Å². The van der Waals surface area contributed by atoms with Gasteiger partial charge in [-0.2, -0.15) is 0 Å². The molecule has 2 aromatic rings. The zero-order valence-electron chi connectivity index (χ0n) is 9.31. The van der Waals surface area contributed by atoms with Crippen LogP contribution in [0, 0.1) is 0 Å². The van der Waals surface area contributed by atoms with Crippen molar-refractivity contribution in [3.8, 4) is 11.8 Å². The Labute approximate surface area is 98.4 Å². The maximum atomic E-state index is 11.2. The first-order chi connectivity index (χ1) is 8.33. The lowest BCUT2D eigenvalue weighted by Gasteiger charge is -2.11. The third-order valence-electron chi connectivity index (χ3n) is 2.90. The van der Waals surface area contributed by atoms with Crippen molar-refractivity contribution in [1.29, 1.82) is 0 Å². The Balaban J connectivity index is 1.79. The number of fused-ring (bicyclic) bond motifs is 1. The number of rotatable bonds is 3. The van der Waals surface area contributed by atoms with Gasteiger partial charge in [0.15, 0.2) is 0 Å². The van der Waals surface area contributed by atoms with Crippen LogP contribution in [0.5, 0.6) is 11.8 Å². The van der Waals surface area contributed by atoms with Crippen LogP contribution in [0.4, 0.5) is 0 Å². The van der Waals surface area contributed by atoms with Gasteiger partial charge in [-0.15, -0.1) is 0 Å². The largest absolute Gasteiger partial charge is 0.846 e. The van der Waals surface area contributed by atoms with E-state index < -0.39 is 0 Å². The highest BCUT2D eigenvalue weighted by molar-refractivity contribution is 5.82. The van der Waals surface area contributed by atoms with E-state index in [1.54, 1.807) is 0 Å². The summed E-state index contributed by atoms with van der Waals surface area (Å²) in [5.41, 5.74) is 1.30. The first-order valence-corrected chi connectivity index (χ1v) is 5.73. The molecule has 17 heavy (non-hydrogen) atoms. The summed E-state index contributed by atoms with van der Waals surface area (Å²) in [6.07, 6.45) is 2.28. The molecule has 1 N–H and O–H groups in total. The second kappa shape index (κ2) is 4.25. The molecule has 0 saturated carbocycles. The lowest BCUT2D eigenvalue weighted by molar-refractivity contribution is -0.280. The van der Waals surface area contributed by atoms with Crippen LogP contribution in [0.1, 0.15) is 12.8 Å². The number of H-pyrrole nitrogens is 1. The van der Waals surface area contributed by atoms with E-state index in [2.05, 4.69) is 9.97 Å². The summed E-state index contributed by atoms with van der Waals surface area (Å²) in [6.45, 7) is 1.32. The number of nitrogens with one attached hydrogen (secondary N) is 1. The Kier molecular flexibility index (Phi) is 2.60. The van der Waals surface area contributed by atoms with Crippen LogP contribution in [0.2, 0.25) is 0 Å². The molecular weight excluding hydrogens is 220 g/mol. The fraction of sp³-hybridized carbons (Fsp3) is 0.417. The average molecular weight is 233 g/mol. The molecular formula is C12H13N2O3-. The highest BCUT2D eigenvalue weighted by atomic mass is 16.5. The lowest BCUT2D eigenvalue weighted by Crippen LogP contribution is -2.16. The molecule has 5 heteroatoms. The first-order valence-electron chi connectivity index (χ1n) is 5.73. The number of benzene rings is 1. The van der Waals surface area contributed by atoms with E-state index in [1.807, 2.05) is 18.2 Å². The van der Waals surface area contributed by atoms with Crippen molar-refractivity contribution in [2.75, 3.05) is 13.2 Å². The molecule has 1 saturated heterocycles. The number of hydrogen-bond donors (Lipinski definition) is 1. The molecule has 5 nitrogen and oxygen atoms in total. The molecule has 90 valence electrons. The van der Waals surface area contributed by atoms with Crippen molar-refractivity contribution < 1.29 is 14.6 Å². The highest BCUT2D eigenvalue weighted by Crippen LogP contribution is 2.25. The van der Waals surface area contributed by atoms with Gasteiger partial charge in [0, 0.05) is 6.61 Å². The fourth-order valence-electron chi connectivity index (χ4n) is 2.06. The predicted molar refractivity (Wildman–Crippen MR) is 60.0 cm³/mol. The molecule has 1 aromatic heterocycles. The predicted octanol–water partition coefficient (Wildman–Crippen LogP) is 1.19. The van der Waals surface area contributed by atoms with Crippen molar-refractivity contribution >= 4 is 11.0 Å². The number of hydrogen-bond acceptors (Lipinski definition) is 4. The number of imidazole rings is 1. The summed E-state index contributed by atoms with van der Waals surface area (Å²) in [7, 11) is 0. The van der Waals surface area contributed by atoms with E-state index in [0.29, 0.717) is 23.4 Å². The SMILES string of the molecule is [O-]c1nc2c(OC[C@@H]3CCCO3)cccc2[nH]1. The topological polar surface area (TPSA) is 70.2 Å². The zero-order chi connectivity index (χ0) is 11.7. The Morgan fingerprint density at radius 3 is 3.29 bits per heavy atom. The van der Waals surface area contributed by atoms with Gasteiger partial charge in [0.25, 0.3) is 0 Å². The second-order valence-electron chi connectivity index (χ2n) is 4.14. The zero-order valence-corrected chi connectivity index (χ0v) is 9.31. The molecule has 1 aliphatic heterocycles. The van der Waals surface area contributed by atoms with Crippen LogP contribution in [0.15, 0.2) is 18.2 Å². The minimum Gasteiger partial charge on any atom is -0.846 e. The minimum absolute atomic E-state index is 0.163. The van der Waals surface area contributed by atoms with Gasteiger partial charge in [-0.25, -0.2) is 4.98 Å². The standard InChI is InChI=1S/C12H14N2O3/c15-12-13-9-4-1-5-10(11(9)14-12)17-7-8-3-2-6-16-8/h1,4-5,8H,2-3,6-7H2,(H2,13,14,15)/p-1/t8-/m0/s1. The number of ether oxygens (including phenoxy) is 2. The van der Waals surface area contributed by atoms with Crippen LogP contribution in [-0.4, -0.2) is 29.3 Å². The van der Waals surface area contributed by atoms with Gasteiger partial charge >= 0.3 is 0 Å². The van der Waals surface area contributed by atoms with Crippen LogP contribution >= 0.6 is 0 Å². The summed E-state index contributed by atoms with van der Waals surface area (Å²) in [6, 6.07) is 5.12. The Morgan fingerprint density at radius 1 is 1.53 bits per heavy atom. The summed E-state index contributed by atoms with van der Waals surface area (Å²) >= 11 is 0. The fourth-order valence-corrected chi connectivity index (χ4v) is 2.06. The van der Waals surface area contributed by atoms with Crippen molar-refractivity contribution in [3.63, 3.8) is 0 Å². The molecule has 0 spiro atoms. The van der Waals surface area contributed by atoms with Crippen molar-refractivity contribution in [2.24, 2.45) is 0 Å². The lowest BCUT2D eigenvalue weighted by atomic mass is 10.2. The maximum absolute atomic E-state index is 11.2. The number of nitrogens with zero attached hydrogens (tertiary/aromatic N) is 1. The van der Waals surface area contributed by atoms with Gasteiger partial charge in [0.1, 0.15) is 17.9 Å². The van der Waals surface area contributed by atoms with Crippen molar-refractivity contribution in [1.82, 2.24) is 9.97 Å². The molecule has 1 aromatic carbocycles. The van der Waals surface area contributed by atoms with Crippen LogP contribution in [-0.2, 0) is 4.74 Å². The molecule has 0 amide bonds. The molecule has 0 aliphatic carbocycles. The molecule has 3 rings (SSSR count). The quantitative estimate of drug-likeness (QED) is 0.864. The smallest absolute Gasteiger partial charge is 0.147 e. The minimum atomic E-state index is -0.340. The van der Waals surface area contributed by atoms with E-state index in [-0.39, 0.29) is 12.1 Å². The molecule has 1 aliphatic rings. The first kappa shape index (κ1) is 10.4. The van der Waals surface area contributed by atoms with Crippen molar-refractivity contribution in [2.45, 2.75) is 18.9 Å². The second-order valence-corrected chi connectivity index (χ2v) is 4.14. The summed E-state index contributed by atoms with van der Waals surface area (Å²) in [4.78, 5) is 6.53. The Hall–Kier alpha value is -1.75. The number of para-hydroxylation sites is 1. The summed E-state index contributed by atoms with van der Waals surface area (Å²) in [5, 5.41) is 11.2. The molecule has 1 atom stereocenters.